The summed E-state index contributed by atoms with van der Waals surface area (Å²) in [4.78, 5) is 0. The lowest BCUT2D eigenvalue weighted by molar-refractivity contribution is -0.676. The monoisotopic (exact) mass is 208 g/mol. The van der Waals surface area contributed by atoms with Crippen molar-refractivity contribution in [2.75, 3.05) is 0 Å². The van der Waals surface area contributed by atoms with Gasteiger partial charge in [0.1, 0.15) is 7.05 Å². The van der Waals surface area contributed by atoms with Gasteiger partial charge in [-0.15, -0.1) is 0 Å². The van der Waals surface area contributed by atoms with Crippen LogP contribution in [-0.4, -0.2) is 0 Å². The zero-order chi connectivity index (χ0) is 11.1. The van der Waals surface area contributed by atoms with E-state index in [1.807, 2.05) is 0 Å². The standard InChI is InChI=1S/C15H14N/c1-11-9-13-8-7-12-5-3-4-6-14(12)15(13)10-16(11)2/h3-10H,1-2H3/q+1. The molecule has 0 spiro atoms. The molecule has 1 nitrogen and oxygen atoms in total. The van der Waals surface area contributed by atoms with E-state index in [0.29, 0.717) is 0 Å². The molecule has 0 aliphatic heterocycles. The van der Waals surface area contributed by atoms with Gasteiger partial charge >= 0.3 is 0 Å². The lowest BCUT2D eigenvalue weighted by atomic mass is 10.0. The molecule has 0 aliphatic carbocycles. The number of hydrogen-bond acceptors (Lipinski definition) is 0. The molecule has 0 radical (unpaired) electrons. The van der Waals surface area contributed by atoms with Gasteiger partial charge in [0.25, 0.3) is 0 Å². The molecule has 0 fully saturated rings. The Hall–Kier alpha value is -1.89. The Kier molecular flexibility index (Phi) is 1.93. The van der Waals surface area contributed by atoms with Crippen LogP contribution in [0.25, 0.3) is 21.5 Å². The topological polar surface area (TPSA) is 3.88 Å². The van der Waals surface area contributed by atoms with E-state index >= 15 is 0 Å². The van der Waals surface area contributed by atoms with Crippen LogP contribution in [0.15, 0.2) is 48.7 Å². The summed E-state index contributed by atoms with van der Waals surface area (Å²) >= 11 is 0. The average molecular weight is 208 g/mol. The maximum atomic E-state index is 2.24. The second kappa shape index (κ2) is 3.31. The Balaban J connectivity index is 2.55. The molecule has 0 bridgehead atoms. The number of rotatable bonds is 0. The van der Waals surface area contributed by atoms with Crippen LogP contribution in [-0.2, 0) is 7.05 Å². The number of pyridine rings is 1. The summed E-state index contributed by atoms with van der Waals surface area (Å²) < 4.78 is 2.18. The Bertz CT molecular complexity index is 683. The summed E-state index contributed by atoms with van der Waals surface area (Å²) in [5.74, 6) is 0. The Morgan fingerprint density at radius 1 is 0.875 bits per heavy atom. The SMILES string of the molecule is Cc1cc2ccc3ccccc3c2c[n+]1C. The van der Waals surface area contributed by atoms with Gasteiger partial charge in [0.05, 0.1) is 5.39 Å². The van der Waals surface area contributed by atoms with E-state index in [1.54, 1.807) is 0 Å². The average Bonchev–Trinajstić information content (AvgIpc) is 2.31. The minimum Gasteiger partial charge on any atom is -0.205 e. The molecular formula is C15H14N+. The summed E-state index contributed by atoms with van der Waals surface area (Å²) in [6, 6.07) is 15.2. The smallest absolute Gasteiger partial charge is 0.178 e. The van der Waals surface area contributed by atoms with Crippen LogP contribution in [0.4, 0.5) is 0 Å². The van der Waals surface area contributed by atoms with Crippen LogP contribution >= 0.6 is 0 Å². The van der Waals surface area contributed by atoms with Crippen molar-refractivity contribution in [2.24, 2.45) is 7.05 Å². The van der Waals surface area contributed by atoms with E-state index in [1.165, 1.54) is 27.2 Å². The predicted octanol–water partition coefficient (Wildman–Crippen LogP) is 3.13. The van der Waals surface area contributed by atoms with Crippen molar-refractivity contribution in [2.45, 2.75) is 6.92 Å². The number of nitrogens with zero attached hydrogens (tertiary/aromatic N) is 1. The molecule has 78 valence electrons. The van der Waals surface area contributed by atoms with E-state index in [-0.39, 0.29) is 0 Å². The third-order valence-corrected chi connectivity index (χ3v) is 3.25. The third kappa shape index (κ3) is 1.28. The Labute approximate surface area is 95.0 Å². The maximum absolute atomic E-state index is 2.24. The van der Waals surface area contributed by atoms with Gasteiger partial charge in [-0.05, 0) is 16.2 Å². The normalized spacial score (nSPS) is 11.1. The largest absolute Gasteiger partial charge is 0.205 e. The van der Waals surface area contributed by atoms with Crippen LogP contribution < -0.4 is 4.57 Å². The Morgan fingerprint density at radius 2 is 1.62 bits per heavy atom. The van der Waals surface area contributed by atoms with Gasteiger partial charge in [0, 0.05) is 13.0 Å². The molecule has 0 saturated carbocycles. The summed E-state index contributed by atoms with van der Waals surface area (Å²) in [7, 11) is 2.09. The van der Waals surface area contributed by atoms with Gasteiger partial charge in [0.2, 0.25) is 0 Å². The van der Waals surface area contributed by atoms with Crippen LogP contribution in [0.1, 0.15) is 5.69 Å². The van der Waals surface area contributed by atoms with Gasteiger partial charge in [-0.25, -0.2) is 4.57 Å². The van der Waals surface area contributed by atoms with E-state index < -0.39 is 0 Å². The molecule has 1 heteroatoms. The quantitative estimate of drug-likeness (QED) is 0.395. The summed E-state index contributed by atoms with van der Waals surface area (Å²) in [5, 5.41) is 5.27. The second-order valence-corrected chi connectivity index (χ2v) is 4.32. The summed E-state index contributed by atoms with van der Waals surface area (Å²) in [5.41, 5.74) is 1.28. The highest BCUT2D eigenvalue weighted by Crippen LogP contribution is 2.24. The van der Waals surface area contributed by atoms with Crippen molar-refractivity contribution >= 4 is 21.5 Å². The molecule has 3 aromatic rings. The molecule has 0 saturated heterocycles. The first-order valence-electron chi connectivity index (χ1n) is 5.53. The van der Waals surface area contributed by atoms with E-state index in [0.717, 1.165) is 0 Å². The highest BCUT2D eigenvalue weighted by atomic mass is 14.9. The third-order valence-electron chi connectivity index (χ3n) is 3.25. The number of hydrogen-bond donors (Lipinski definition) is 0. The first-order valence-corrected chi connectivity index (χ1v) is 5.53. The van der Waals surface area contributed by atoms with Gasteiger partial charge in [-0.3, -0.25) is 0 Å². The lowest BCUT2D eigenvalue weighted by Gasteiger charge is -2.03. The molecule has 1 aromatic heterocycles. The summed E-state index contributed by atoms with van der Waals surface area (Å²) in [6.07, 6.45) is 2.22. The highest BCUT2D eigenvalue weighted by Gasteiger charge is 2.06. The zero-order valence-electron chi connectivity index (χ0n) is 9.57. The van der Waals surface area contributed by atoms with Crippen molar-refractivity contribution in [3.8, 4) is 0 Å². The highest BCUT2D eigenvalue weighted by molar-refractivity contribution is 6.06. The molecule has 0 amide bonds. The van der Waals surface area contributed by atoms with Gasteiger partial charge in [-0.1, -0.05) is 36.4 Å². The van der Waals surface area contributed by atoms with Gasteiger partial charge in [-0.2, -0.15) is 0 Å². The number of fused-ring (bicyclic) bond motifs is 3. The van der Waals surface area contributed by atoms with E-state index in [9.17, 15) is 0 Å². The fourth-order valence-corrected chi connectivity index (χ4v) is 2.20. The first-order chi connectivity index (χ1) is 7.75. The van der Waals surface area contributed by atoms with Crippen LogP contribution in [0.3, 0.4) is 0 Å². The fourth-order valence-electron chi connectivity index (χ4n) is 2.20. The number of benzene rings is 2. The fraction of sp³-hybridized carbons (Fsp3) is 0.133. The molecule has 2 aromatic carbocycles. The van der Waals surface area contributed by atoms with Crippen molar-refractivity contribution < 1.29 is 4.57 Å². The van der Waals surface area contributed by atoms with Crippen LogP contribution in [0.2, 0.25) is 0 Å². The molecule has 0 atom stereocenters. The molecule has 16 heavy (non-hydrogen) atoms. The van der Waals surface area contributed by atoms with Gasteiger partial charge in [0.15, 0.2) is 11.9 Å². The molecule has 0 N–H and O–H groups in total. The number of aryl methyl sites for hydroxylation is 2. The molecule has 3 rings (SSSR count). The second-order valence-electron chi connectivity index (χ2n) is 4.32. The van der Waals surface area contributed by atoms with Crippen LogP contribution in [0.5, 0.6) is 0 Å². The van der Waals surface area contributed by atoms with Gasteiger partial charge < -0.3 is 0 Å². The lowest BCUT2D eigenvalue weighted by Crippen LogP contribution is -2.30. The first kappa shape index (κ1) is 9.34. The van der Waals surface area contributed by atoms with Crippen LogP contribution in [0, 0.1) is 6.92 Å². The van der Waals surface area contributed by atoms with Crippen molar-refractivity contribution in [1.29, 1.82) is 0 Å². The predicted molar refractivity (Wildman–Crippen MR) is 67.4 cm³/mol. The van der Waals surface area contributed by atoms with Crippen molar-refractivity contribution in [3.63, 3.8) is 0 Å². The van der Waals surface area contributed by atoms with E-state index in [4.69, 9.17) is 0 Å². The zero-order valence-corrected chi connectivity index (χ0v) is 9.57. The molecule has 0 aliphatic rings. The maximum Gasteiger partial charge on any atom is 0.178 e. The molecule has 0 unspecified atom stereocenters. The minimum atomic E-state index is 1.28. The van der Waals surface area contributed by atoms with E-state index in [2.05, 4.69) is 67.2 Å². The van der Waals surface area contributed by atoms with Crippen molar-refractivity contribution in [3.05, 3.63) is 54.4 Å². The van der Waals surface area contributed by atoms with Crippen molar-refractivity contribution in [1.82, 2.24) is 0 Å². The minimum absolute atomic E-state index is 1.28. The summed E-state index contributed by atoms with van der Waals surface area (Å²) in [6.45, 7) is 2.13. The Morgan fingerprint density at radius 3 is 2.50 bits per heavy atom. The molecule has 1 heterocycles. The number of aromatic nitrogens is 1. The molecular weight excluding hydrogens is 194 g/mol.